The minimum Gasteiger partial charge on any atom is -0.394 e. The van der Waals surface area contributed by atoms with Crippen LogP contribution in [0.15, 0.2) is 0 Å². The first-order valence-corrected chi connectivity index (χ1v) is 6.34. The van der Waals surface area contributed by atoms with Crippen molar-refractivity contribution in [3.8, 4) is 0 Å². The molecule has 8 N–H and O–H groups in total. The first-order chi connectivity index (χ1) is 8.10. The van der Waals surface area contributed by atoms with Crippen LogP contribution in [0.2, 0.25) is 0 Å². The van der Waals surface area contributed by atoms with Crippen molar-refractivity contribution in [1.82, 2.24) is 0 Å². The van der Waals surface area contributed by atoms with Gasteiger partial charge in [0.1, 0.15) is 30.5 Å². The van der Waals surface area contributed by atoms with E-state index in [4.69, 9.17) is 20.0 Å². The fourth-order valence-corrected chi connectivity index (χ4v) is 1.38. The van der Waals surface area contributed by atoms with Gasteiger partial charge >= 0.3 is 7.82 Å². The van der Waals surface area contributed by atoms with Gasteiger partial charge in [-0.1, -0.05) is 0 Å². The van der Waals surface area contributed by atoms with Crippen LogP contribution in [0.25, 0.3) is 0 Å². The van der Waals surface area contributed by atoms with Gasteiger partial charge in [0.2, 0.25) is 0 Å². The van der Waals surface area contributed by atoms with Crippen LogP contribution in [-0.4, -0.2) is 84.2 Å². The molecule has 0 bridgehead atoms. The highest BCUT2D eigenvalue weighted by atomic mass is 31.2. The van der Waals surface area contributed by atoms with Gasteiger partial charge in [0.25, 0.3) is 0 Å². The molecule has 0 saturated carbocycles. The highest BCUT2D eigenvalue weighted by Crippen LogP contribution is 2.35. The average molecular weight is 292 g/mol. The summed E-state index contributed by atoms with van der Waals surface area (Å²) in [6.07, 6.45) is -9.68. The maximum Gasteiger partial charge on any atom is 0.469 e. The minimum atomic E-state index is -4.84. The second-order valence-electron chi connectivity index (χ2n) is 3.58. The maximum atomic E-state index is 10.3. The Morgan fingerprint density at radius 2 is 1.33 bits per heavy atom. The van der Waals surface area contributed by atoms with Crippen molar-refractivity contribution in [2.75, 3.05) is 13.2 Å². The van der Waals surface area contributed by atoms with Crippen LogP contribution in [-0.2, 0) is 9.09 Å². The van der Waals surface area contributed by atoms with E-state index in [-0.39, 0.29) is 0 Å². The first kappa shape index (κ1) is 17.9. The summed E-state index contributed by atoms with van der Waals surface area (Å²) in [7, 11) is -4.84. The van der Waals surface area contributed by atoms with Crippen molar-refractivity contribution in [3.63, 3.8) is 0 Å². The van der Waals surface area contributed by atoms with Crippen LogP contribution in [0.4, 0.5) is 0 Å². The Kier molecular flexibility index (Phi) is 7.40. The van der Waals surface area contributed by atoms with Gasteiger partial charge in [-0.05, 0) is 0 Å². The zero-order valence-electron chi connectivity index (χ0n) is 9.14. The second-order valence-corrected chi connectivity index (χ2v) is 4.81. The zero-order chi connectivity index (χ0) is 14.5. The van der Waals surface area contributed by atoms with E-state index >= 15 is 0 Å². The van der Waals surface area contributed by atoms with Crippen molar-refractivity contribution in [2.24, 2.45) is 0 Å². The van der Waals surface area contributed by atoms with Gasteiger partial charge in [0.05, 0.1) is 13.2 Å². The second kappa shape index (κ2) is 7.46. The van der Waals surface area contributed by atoms with E-state index in [0.717, 1.165) is 0 Å². The molecule has 0 saturated heterocycles. The standard InChI is InChI=1S/C7H17O10P/c8-1-3(9)5(11)7(13)6(12)4(10)2-17-18(14,15)16/h3-13H,1-2H2,(H2,14,15,16). The lowest BCUT2D eigenvalue weighted by atomic mass is 10.00. The summed E-state index contributed by atoms with van der Waals surface area (Å²) >= 11 is 0. The zero-order valence-corrected chi connectivity index (χ0v) is 10.0. The molecule has 0 spiro atoms. The Bertz CT molecular complexity index is 279. The maximum absolute atomic E-state index is 10.3. The third-order valence-corrected chi connectivity index (χ3v) is 2.57. The van der Waals surface area contributed by atoms with Crippen LogP contribution in [0, 0.1) is 0 Å². The summed E-state index contributed by atoms with van der Waals surface area (Å²) in [5, 5.41) is 54.5. The molecule has 110 valence electrons. The van der Waals surface area contributed by atoms with Crippen LogP contribution in [0.1, 0.15) is 0 Å². The quantitative estimate of drug-likeness (QED) is 0.204. The fourth-order valence-electron chi connectivity index (χ4n) is 1.04. The van der Waals surface area contributed by atoms with E-state index in [9.17, 15) is 25.0 Å². The van der Waals surface area contributed by atoms with E-state index in [1.807, 2.05) is 0 Å². The first-order valence-electron chi connectivity index (χ1n) is 4.81. The van der Waals surface area contributed by atoms with Crippen LogP contribution >= 0.6 is 7.82 Å². The predicted octanol–water partition coefficient (Wildman–Crippen LogP) is -4.11. The summed E-state index contributed by atoms with van der Waals surface area (Å²) in [6, 6.07) is 0. The largest absolute Gasteiger partial charge is 0.469 e. The molecule has 18 heavy (non-hydrogen) atoms. The molecule has 0 aliphatic heterocycles. The van der Waals surface area contributed by atoms with E-state index in [2.05, 4.69) is 4.52 Å². The number of aliphatic hydroxyl groups excluding tert-OH is 6. The highest BCUT2D eigenvalue weighted by molar-refractivity contribution is 7.46. The molecule has 0 radical (unpaired) electrons. The Morgan fingerprint density at radius 1 is 0.889 bits per heavy atom. The smallest absolute Gasteiger partial charge is 0.394 e. The molecule has 0 aromatic heterocycles. The molecule has 0 aromatic rings. The van der Waals surface area contributed by atoms with Gasteiger partial charge in [0.15, 0.2) is 0 Å². The highest BCUT2D eigenvalue weighted by Gasteiger charge is 2.34. The van der Waals surface area contributed by atoms with Crippen LogP contribution in [0.3, 0.4) is 0 Å². The number of hydrogen-bond donors (Lipinski definition) is 8. The summed E-state index contributed by atoms with van der Waals surface area (Å²) in [4.78, 5) is 16.7. The number of aliphatic hydroxyl groups is 6. The van der Waals surface area contributed by atoms with Crippen molar-refractivity contribution in [3.05, 3.63) is 0 Å². The predicted molar refractivity (Wildman–Crippen MR) is 55.1 cm³/mol. The Labute approximate surface area is 102 Å². The number of phosphoric acid groups is 1. The van der Waals surface area contributed by atoms with E-state index in [1.54, 1.807) is 0 Å². The lowest BCUT2D eigenvalue weighted by molar-refractivity contribution is -0.145. The monoisotopic (exact) mass is 292 g/mol. The molecule has 0 fully saturated rings. The summed E-state index contributed by atoms with van der Waals surface area (Å²) in [5.41, 5.74) is 0. The van der Waals surface area contributed by atoms with Gasteiger partial charge < -0.3 is 40.4 Å². The Balaban J connectivity index is 4.36. The molecule has 0 amide bonds. The minimum absolute atomic E-state index is 0.889. The normalized spacial score (nSPS) is 21.1. The van der Waals surface area contributed by atoms with Gasteiger partial charge in [-0.15, -0.1) is 0 Å². The third-order valence-electron chi connectivity index (χ3n) is 2.09. The molecule has 5 unspecified atom stereocenters. The molecule has 0 aliphatic rings. The lowest BCUT2D eigenvalue weighted by Crippen LogP contribution is -2.50. The Morgan fingerprint density at radius 3 is 1.72 bits per heavy atom. The molecule has 0 heterocycles. The molecule has 0 aromatic carbocycles. The fraction of sp³-hybridized carbons (Fsp3) is 1.00. The summed E-state index contributed by atoms with van der Waals surface area (Å²) in [5.74, 6) is 0. The molecule has 0 aliphatic carbocycles. The molecular formula is C7H17O10P. The van der Waals surface area contributed by atoms with Crippen molar-refractivity contribution >= 4 is 7.82 Å². The summed E-state index contributed by atoms with van der Waals surface area (Å²) < 4.78 is 14.2. The van der Waals surface area contributed by atoms with Crippen molar-refractivity contribution in [2.45, 2.75) is 30.5 Å². The number of hydrogen-bond acceptors (Lipinski definition) is 8. The number of phosphoric ester groups is 1. The average Bonchev–Trinajstić information content (AvgIpc) is 2.31. The number of rotatable bonds is 8. The van der Waals surface area contributed by atoms with Crippen LogP contribution in [0.5, 0.6) is 0 Å². The van der Waals surface area contributed by atoms with Gasteiger partial charge in [-0.25, -0.2) is 4.57 Å². The summed E-state index contributed by atoms with van der Waals surface area (Å²) in [6.45, 7) is -1.88. The van der Waals surface area contributed by atoms with Gasteiger partial charge in [0, 0.05) is 0 Å². The van der Waals surface area contributed by atoms with Gasteiger partial charge in [-0.3, -0.25) is 4.52 Å². The topological polar surface area (TPSA) is 188 Å². The van der Waals surface area contributed by atoms with E-state index in [1.165, 1.54) is 0 Å². The van der Waals surface area contributed by atoms with E-state index in [0.29, 0.717) is 0 Å². The molecule has 0 rings (SSSR count). The van der Waals surface area contributed by atoms with Gasteiger partial charge in [-0.2, -0.15) is 0 Å². The van der Waals surface area contributed by atoms with Crippen LogP contribution < -0.4 is 0 Å². The lowest BCUT2D eigenvalue weighted by Gasteiger charge is -2.28. The molecule has 5 atom stereocenters. The van der Waals surface area contributed by atoms with Crippen molar-refractivity contribution < 1.29 is 49.5 Å². The molecule has 10 nitrogen and oxygen atoms in total. The SMILES string of the molecule is O=P(O)(O)OCC(O)C(O)C(O)C(O)C(O)CO. The van der Waals surface area contributed by atoms with Crippen molar-refractivity contribution in [1.29, 1.82) is 0 Å². The van der Waals surface area contributed by atoms with E-state index < -0.39 is 51.6 Å². The molecule has 11 heteroatoms. The molecular weight excluding hydrogens is 275 g/mol. The Hall–Kier alpha value is -0.130. The third kappa shape index (κ3) is 6.16.